The number of rotatable bonds is 7. The van der Waals surface area contributed by atoms with E-state index in [1.165, 1.54) is 0 Å². The predicted octanol–water partition coefficient (Wildman–Crippen LogP) is 5.87. The van der Waals surface area contributed by atoms with Gasteiger partial charge in [0.1, 0.15) is 17.3 Å². The van der Waals surface area contributed by atoms with Crippen LogP contribution in [0.15, 0.2) is 60.7 Å². The average molecular weight is 551 g/mol. The maximum atomic E-state index is 12.5. The van der Waals surface area contributed by atoms with Crippen LogP contribution in [0.1, 0.15) is 50.3 Å². The molecule has 4 aromatic rings. The average Bonchev–Trinajstić information content (AvgIpc) is 3.25. The summed E-state index contributed by atoms with van der Waals surface area (Å²) in [6, 6.07) is 20.4. The molecule has 0 spiro atoms. The number of fused-ring (bicyclic) bond motifs is 1. The summed E-state index contributed by atoms with van der Waals surface area (Å²) in [5, 5.41) is 9.82. The number of carbonyl (C=O) groups excluding carboxylic acids is 1. The van der Waals surface area contributed by atoms with Gasteiger partial charge in [0.2, 0.25) is 5.91 Å². The van der Waals surface area contributed by atoms with Gasteiger partial charge in [0, 0.05) is 61.7 Å². The van der Waals surface area contributed by atoms with Crippen molar-refractivity contribution in [2.24, 2.45) is 0 Å². The molecule has 0 unspecified atom stereocenters. The Hall–Kier alpha value is -4.04. The molecule has 0 saturated carbocycles. The number of pyridine rings is 1. The Bertz CT molecular complexity index is 1520. The van der Waals surface area contributed by atoms with Gasteiger partial charge in [0.25, 0.3) is 0 Å². The molecule has 212 valence electrons. The van der Waals surface area contributed by atoms with E-state index in [-0.39, 0.29) is 5.91 Å². The number of amides is 1. The topological polar surface area (TPSA) is 74.7 Å². The second-order valence-electron chi connectivity index (χ2n) is 11.5. The second kappa shape index (κ2) is 11.8. The maximum Gasteiger partial charge on any atom is 0.222 e. The molecule has 0 N–H and O–H groups in total. The number of hydrogen-bond donors (Lipinski definition) is 0. The largest absolute Gasteiger partial charge is 0.457 e. The van der Waals surface area contributed by atoms with E-state index >= 15 is 0 Å². The van der Waals surface area contributed by atoms with Gasteiger partial charge in [0.05, 0.1) is 16.9 Å². The fourth-order valence-electron chi connectivity index (χ4n) is 5.56. The van der Waals surface area contributed by atoms with Gasteiger partial charge in [-0.2, -0.15) is 10.2 Å². The summed E-state index contributed by atoms with van der Waals surface area (Å²) in [6.07, 6.45) is 2.64. The summed E-state index contributed by atoms with van der Waals surface area (Å²) >= 11 is 0. The Morgan fingerprint density at radius 2 is 1.73 bits per heavy atom. The first-order chi connectivity index (χ1) is 19.9. The third-order valence-electron chi connectivity index (χ3n) is 8.09. The van der Waals surface area contributed by atoms with Crippen LogP contribution in [0.4, 0.5) is 5.82 Å². The third kappa shape index (κ3) is 6.17. The van der Waals surface area contributed by atoms with Crippen LogP contribution in [0.25, 0.3) is 22.2 Å². The zero-order valence-electron chi connectivity index (χ0n) is 24.2. The minimum atomic E-state index is 0.199. The molecular weight excluding hydrogens is 512 g/mol. The first kappa shape index (κ1) is 27.1. The summed E-state index contributed by atoms with van der Waals surface area (Å²) in [4.78, 5) is 24.2. The molecule has 2 saturated heterocycles. The number of anilines is 1. The van der Waals surface area contributed by atoms with Crippen molar-refractivity contribution in [3.8, 4) is 22.8 Å². The van der Waals surface area contributed by atoms with Gasteiger partial charge in [-0.25, -0.2) is 4.98 Å². The highest BCUT2D eigenvalue weighted by Crippen LogP contribution is 2.33. The molecule has 2 aliphatic heterocycles. The number of hydrogen-bond acceptors (Lipinski definition) is 7. The van der Waals surface area contributed by atoms with Crippen molar-refractivity contribution in [2.45, 2.75) is 45.6 Å². The lowest BCUT2D eigenvalue weighted by Gasteiger charge is -2.23. The van der Waals surface area contributed by atoms with Crippen LogP contribution >= 0.6 is 0 Å². The van der Waals surface area contributed by atoms with Crippen LogP contribution in [-0.2, 0) is 11.3 Å². The fraction of sp³-hybridized carbons (Fsp3) is 0.394. The smallest absolute Gasteiger partial charge is 0.222 e. The van der Waals surface area contributed by atoms with Crippen molar-refractivity contribution in [3.05, 3.63) is 71.9 Å². The second-order valence-corrected chi connectivity index (χ2v) is 11.5. The molecule has 0 atom stereocenters. The van der Waals surface area contributed by atoms with Gasteiger partial charge in [-0.1, -0.05) is 13.8 Å². The summed E-state index contributed by atoms with van der Waals surface area (Å²) in [7, 11) is 2.18. The minimum absolute atomic E-state index is 0.199. The first-order valence-electron chi connectivity index (χ1n) is 14.7. The highest BCUT2D eigenvalue weighted by atomic mass is 16.5. The van der Waals surface area contributed by atoms with Crippen LogP contribution < -0.4 is 9.64 Å². The molecule has 0 radical (unpaired) electrons. The first-order valence-corrected chi connectivity index (χ1v) is 14.7. The summed E-state index contributed by atoms with van der Waals surface area (Å²) in [5.41, 5.74) is 4.67. The minimum Gasteiger partial charge on any atom is -0.457 e. The molecule has 4 heterocycles. The van der Waals surface area contributed by atoms with Crippen LogP contribution in [0.5, 0.6) is 11.5 Å². The van der Waals surface area contributed by atoms with Crippen LogP contribution in [0, 0.1) is 0 Å². The fourth-order valence-corrected chi connectivity index (χ4v) is 5.56. The summed E-state index contributed by atoms with van der Waals surface area (Å²) in [6.45, 7) is 9.63. The number of ether oxygens (including phenoxy) is 1. The lowest BCUT2D eigenvalue weighted by atomic mass is 10.1. The van der Waals surface area contributed by atoms with Gasteiger partial charge >= 0.3 is 0 Å². The molecule has 2 aromatic heterocycles. The van der Waals surface area contributed by atoms with E-state index in [4.69, 9.17) is 9.72 Å². The standard InChI is InChI=1S/C33H38N6O2/c1-23(2)28-12-13-29(36-35-28)24-7-10-27(11-8-24)41-31-21-30-25(20-26(31)22-39-16-4-6-33(39)40)9-14-32(34-30)38-17-5-15-37(3)18-19-38/h7-14,20-21,23H,4-6,15-19,22H2,1-3H3. The molecule has 1 amide bonds. The Kier molecular flexibility index (Phi) is 7.83. The number of nitrogens with zero attached hydrogens (tertiary/aromatic N) is 6. The highest BCUT2D eigenvalue weighted by molar-refractivity contribution is 5.84. The number of likely N-dealkylation sites (tertiary alicyclic amines) is 1. The molecule has 2 aliphatic rings. The number of carbonyl (C=O) groups is 1. The van der Waals surface area contributed by atoms with Crippen LogP contribution in [0.3, 0.4) is 0 Å². The van der Waals surface area contributed by atoms with E-state index in [0.717, 1.165) is 96.3 Å². The number of benzene rings is 2. The van der Waals surface area contributed by atoms with E-state index < -0.39 is 0 Å². The third-order valence-corrected chi connectivity index (χ3v) is 8.09. The van der Waals surface area contributed by atoms with Crippen molar-refractivity contribution in [2.75, 3.05) is 44.7 Å². The normalized spacial score (nSPS) is 16.5. The van der Waals surface area contributed by atoms with Crippen LogP contribution in [-0.4, -0.2) is 70.7 Å². The van der Waals surface area contributed by atoms with E-state index in [1.807, 2.05) is 47.4 Å². The SMILES string of the molecule is CC(C)c1ccc(-c2ccc(Oc3cc4nc(N5CCCN(C)CC5)ccc4cc3CN3CCCC3=O)cc2)nn1. The van der Waals surface area contributed by atoms with E-state index in [1.54, 1.807) is 0 Å². The molecule has 41 heavy (non-hydrogen) atoms. The Morgan fingerprint density at radius 3 is 2.46 bits per heavy atom. The van der Waals surface area contributed by atoms with Gasteiger partial charge < -0.3 is 19.4 Å². The van der Waals surface area contributed by atoms with Crippen molar-refractivity contribution >= 4 is 22.6 Å². The van der Waals surface area contributed by atoms with Crippen LogP contribution in [0.2, 0.25) is 0 Å². The highest BCUT2D eigenvalue weighted by Gasteiger charge is 2.22. The van der Waals surface area contributed by atoms with E-state index in [2.05, 4.69) is 59.1 Å². The zero-order chi connectivity index (χ0) is 28.3. The molecule has 0 aliphatic carbocycles. The van der Waals surface area contributed by atoms with Gasteiger partial charge in [-0.15, -0.1) is 0 Å². The van der Waals surface area contributed by atoms with Gasteiger partial charge in [0.15, 0.2) is 0 Å². The molecule has 6 rings (SSSR count). The zero-order valence-corrected chi connectivity index (χ0v) is 24.2. The van der Waals surface area contributed by atoms with Gasteiger partial charge in [-0.05, 0) is 86.9 Å². The quantitative estimate of drug-likeness (QED) is 0.285. The lowest BCUT2D eigenvalue weighted by Crippen LogP contribution is -2.29. The Morgan fingerprint density at radius 1 is 0.878 bits per heavy atom. The van der Waals surface area contributed by atoms with Crippen molar-refractivity contribution < 1.29 is 9.53 Å². The van der Waals surface area contributed by atoms with Crippen molar-refractivity contribution in [3.63, 3.8) is 0 Å². The van der Waals surface area contributed by atoms with Gasteiger partial charge in [-0.3, -0.25) is 4.79 Å². The summed E-state index contributed by atoms with van der Waals surface area (Å²) in [5.74, 6) is 2.99. The summed E-state index contributed by atoms with van der Waals surface area (Å²) < 4.78 is 6.49. The predicted molar refractivity (Wildman–Crippen MR) is 162 cm³/mol. The maximum absolute atomic E-state index is 12.5. The molecule has 8 heteroatoms. The van der Waals surface area contributed by atoms with Crippen molar-refractivity contribution in [1.82, 2.24) is 25.0 Å². The Balaban J connectivity index is 1.29. The number of likely N-dealkylation sites (N-methyl/N-ethyl adjacent to an activating group) is 1. The monoisotopic (exact) mass is 550 g/mol. The van der Waals surface area contributed by atoms with Crippen molar-refractivity contribution in [1.29, 1.82) is 0 Å². The Labute approximate surface area is 242 Å². The molecule has 2 aromatic carbocycles. The molecule has 8 nitrogen and oxygen atoms in total. The molecular formula is C33H38N6O2. The molecule has 0 bridgehead atoms. The lowest BCUT2D eigenvalue weighted by molar-refractivity contribution is -0.128. The number of aromatic nitrogens is 3. The van der Waals surface area contributed by atoms with E-state index in [0.29, 0.717) is 18.9 Å². The molecule has 2 fully saturated rings. The van der Waals surface area contributed by atoms with E-state index in [9.17, 15) is 4.79 Å².